The van der Waals surface area contributed by atoms with Crippen LogP contribution in [0.4, 0.5) is 0 Å². The van der Waals surface area contributed by atoms with Crippen LogP contribution in [0.25, 0.3) is 0 Å². The first-order chi connectivity index (χ1) is 4.34. The molecule has 0 aromatic carbocycles. The highest BCUT2D eigenvalue weighted by Gasteiger charge is 1.94. The molecule has 0 atom stereocenters. The van der Waals surface area contributed by atoms with Crippen molar-refractivity contribution in [3.05, 3.63) is 22.7 Å². The van der Waals surface area contributed by atoms with Crippen LogP contribution in [-0.4, -0.2) is 9.97 Å². The first-order valence-electron chi connectivity index (χ1n) is 2.79. The molecule has 2 nitrogen and oxygen atoms in total. The van der Waals surface area contributed by atoms with Crippen LogP contribution in [0.1, 0.15) is 12.5 Å². The summed E-state index contributed by atoms with van der Waals surface area (Å²) in [7, 11) is 0. The fraction of sp³-hybridized carbons (Fsp3) is 0.333. The summed E-state index contributed by atoms with van der Waals surface area (Å²) in [6.45, 7) is 2.07. The van der Waals surface area contributed by atoms with Crippen molar-refractivity contribution in [3.8, 4) is 0 Å². The summed E-state index contributed by atoms with van der Waals surface area (Å²) in [5.74, 6) is 0. The average Bonchev–Trinajstić information content (AvgIpc) is 1.89. The second kappa shape index (κ2) is 2.92. The zero-order chi connectivity index (χ0) is 6.69. The summed E-state index contributed by atoms with van der Waals surface area (Å²) in [6.07, 6.45) is 4.32. The summed E-state index contributed by atoms with van der Waals surface area (Å²) >= 11 is 3.31. The Kier molecular flexibility index (Phi) is 2.16. The molecule has 0 aliphatic rings. The molecule has 0 unspecified atom stereocenters. The summed E-state index contributed by atoms with van der Waals surface area (Å²) in [5.41, 5.74) is 1.15. The maximum absolute atomic E-state index is 3.96. The van der Waals surface area contributed by atoms with Crippen molar-refractivity contribution in [2.24, 2.45) is 0 Å². The van der Waals surface area contributed by atoms with Gasteiger partial charge in [0.1, 0.15) is 10.9 Å². The highest BCUT2D eigenvalue weighted by Crippen LogP contribution is 2.10. The number of halogens is 1. The normalized spacial score (nSPS) is 9.56. The molecule has 0 spiro atoms. The van der Waals surface area contributed by atoms with Crippen LogP contribution >= 0.6 is 15.9 Å². The molecule has 0 saturated carbocycles. The van der Waals surface area contributed by atoms with Crippen molar-refractivity contribution in [1.82, 2.24) is 9.97 Å². The zero-order valence-corrected chi connectivity index (χ0v) is 6.72. The SMILES string of the molecule is CCc1cncnc1Br. The molecule has 1 aromatic heterocycles. The van der Waals surface area contributed by atoms with Crippen LogP contribution in [0, 0.1) is 0 Å². The quantitative estimate of drug-likeness (QED) is 0.626. The van der Waals surface area contributed by atoms with Gasteiger partial charge in [-0.2, -0.15) is 0 Å². The number of hydrogen-bond acceptors (Lipinski definition) is 2. The Balaban J connectivity index is 3.01. The first-order valence-corrected chi connectivity index (χ1v) is 3.58. The largest absolute Gasteiger partial charge is 0.244 e. The van der Waals surface area contributed by atoms with Gasteiger partial charge in [0, 0.05) is 11.8 Å². The minimum atomic E-state index is 0.903. The molecular formula is C6H7BrN2. The van der Waals surface area contributed by atoms with Crippen molar-refractivity contribution in [1.29, 1.82) is 0 Å². The minimum absolute atomic E-state index is 0.903. The highest BCUT2D eigenvalue weighted by atomic mass is 79.9. The van der Waals surface area contributed by atoms with E-state index in [2.05, 4.69) is 32.8 Å². The molecule has 48 valence electrons. The molecule has 1 aromatic rings. The summed E-state index contributed by atoms with van der Waals surface area (Å²) in [5, 5.41) is 0. The van der Waals surface area contributed by atoms with E-state index in [0.717, 1.165) is 16.6 Å². The predicted octanol–water partition coefficient (Wildman–Crippen LogP) is 1.80. The third-order valence-electron chi connectivity index (χ3n) is 1.11. The van der Waals surface area contributed by atoms with Crippen LogP contribution in [0.15, 0.2) is 17.1 Å². The van der Waals surface area contributed by atoms with Crippen LogP contribution in [0.3, 0.4) is 0 Å². The Morgan fingerprint density at radius 3 is 2.89 bits per heavy atom. The average molecular weight is 187 g/mol. The number of rotatable bonds is 1. The van der Waals surface area contributed by atoms with Gasteiger partial charge in [0.05, 0.1) is 0 Å². The van der Waals surface area contributed by atoms with Crippen LogP contribution in [0.2, 0.25) is 0 Å². The lowest BCUT2D eigenvalue weighted by molar-refractivity contribution is 1.02. The van der Waals surface area contributed by atoms with Crippen molar-refractivity contribution >= 4 is 15.9 Å². The molecule has 3 heteroatoms. The van der Waals surface area contributed by atoms with Crippen molar-refractivity contribution in [2.45, 2.75) is 13.3 Å². The smallest absolute Gasteiger partial charge is 0.116 e. The van der Waals surface area contributed by atoms with E-state index < -0.39 is 0 Å². The van der Waals surface area contributed by atoms with Crippen molar-refractivity contribution < 1.29 is 0 Å². The molecule has 9 heavy (non-hydrogen) atoms. The van der Waals surface area contributed by atoms with Gasteiger partial charge < -0.3 is 0 Å². The molecule has 0 radical (unpaired) electrons. The van der Waals surface area contributed by atoms with E-state index in [1.807, 2.05) is 6.20 Å². The lowest BCUT2D eigenvalue weighted by Gasteiger charge is -1.94. The summed E-state index contributed by atoms with van der Waals surface area (Å²) in [4.78, 5) is 7.83. The van der Waals surface area contributed by atoms with Crippen molar-refractivity contribution in [3.63, 3.8) is 0 Å². The molecule has 0 fully saturated rings. The fourth-order valence-electron chi connectivity index (χ4n) is 0.581. The van der Waals surface area contributed by atoms with Gasteiger partial charge in [0.15, 0.2) is 0 Å². The van der Waals surface area contributed by atoms with Crippen LogP contribution in [0.5, 0.6) is 0 Å². The van der Waals surface area contributed by atoms with E-state index in [9.17, 15) is 0 Å². The van der Waals surface area contributed by atoms with Gasteiger partial charge in [-0.3, -0.25) is 0 Å². The van der Waals surface area contributed by atoms with Crippen molar-refractivity contribution in [2.75, 3.05) is 0 Å². The number of aromatic nitrogens is 2. The molecule has 0 amide bonds. The Hall–Kier alpha value is -0.440. The monoisotopic (exact) mass is 186 g/mol. The van der Waals surface area contributed by atoms with Gasteiger partial charge in [-0.1, -0.05) is 6.92 Å². The fourth-order valence-corrected chi connectivity index (χ4v) is 1.05. The van der Waals surface area contributed by atoms with Crippen LogP contribution in [-0.2, 0) is 6.42 Å². The molecule has 1 heterocycles. The molecule has 0 saturated heterocycles. The number of nitrogens with zero attached hydrogens (tertiary/aromatic N) is 2. The van der Waals surface area contributed by atoms with E-state index in [0.29, 0.717) is 0 Å². The van der Waals surface area contributed by atoms with E-state index in [1.165, 1.54) is 6.33 Å². The maximum atomic E-state index is 3.96. The molecule has 0 aliphatic carbocycles. The second-order valence-corrected chi connectivity index (χ2v) is 2.44. The topological polar surface area (TPSA) is 25.8 Å². The van der Waals surface area contributed by atoms with E-state index in [4.69, 9.17) is 0 Å². The maximum Gasteiger partial charge on any atom is 0.116 e. The Morgan fingerprint density at radius 2 is 2.44 bits per heavy atom. The Morgan fingerprint density at radius 1 is 1.67 bits per heavy atom. The van der Waals surface area contributed by atoms with E-state index >= 15 is 0 Å². The first kappa shape index (κ1) is 6.68. The van der Waals surface area contributed by atoms with Gasteiger partial charge in [-0.05, 0) is 22.4 Å². The lowest BCUT2D eigenvalue weighted by atomic mass is 10.3. The van der Waals surface area contributed by atoms with Gasteiger partial charge in [0.2, 0.25) is 0 Å². The van der Waals surface area contributed by atoms with Gasteiger partial charge >= 0.3 is 0 Å². The molecule has 0 N–H and O–H groups in total. The minimum Gasteiger partial charge on any atom is -0.244 e. The molecule has 1 rings (SSSR count). The van der Waals surface area contributed by atoms with E-state index in [-0.39, 0.29) is 0 Å². The van der Waals surface area contributed by atoms with Gasteiger partial charge in [-0.25, -0.2) is 9.97 Å². The number of aryl methyl sites for hydroxylation is 1. The molecular weight excluding hydrogens is 180 g/mol. The van der Waals surface area contributed by atoms with Gasteiger partial charge in [-0.15, -0.1) is 0 Å². The Bertz CT molecular complexity index is 200. The molecule has 0 aliphatic heterocycles. The van der Waals surface area contributed by atoms with E-state index in [1.54, 1.807) is 0 Å². The molecule has 0 bridgehead atoms. The lowest BCUT2D eigenvalue weighted by Crippen LogP contribution is -1.86. The van der Waals surface area contributed by atoms with Crippen LogP contribution < -0.4 is 0 Å². The second-order valence-electron chi connectivity index (χ2n) is 1.69. The standard InChI is InChI=1S/C6H7BrN2/c1-2-5-3-8-4-9-6(5)7/h3-4H,2H2,1H3. The zero-order valence-electron chi connectivity index (χ0n) is 5.13. The third kappa shape index (κ3) is 1.48. The van der Waals surface area contributed by atoms with Gasteiger partial charge in [0.25, 0.3) is 0 Å². The Labute approximate surface area is 62.5 Å². The summed E-state index contributed by atoms with van der Waals surface area (Å²) in [6, 6.07) is 0. The summed E-state index contributed by atoms with van der Waals surface area (Å²) < 4.78 is 0.903. The highest BCUT2D eigenvalue weighted by molar-refractivity contribution is 9.10. The third-order valence-corrected chi connectivity index (χ3v) is 1.83. The predicted molar refractivity (Wildman–Crippen MR) is 39.1 cm³/mol. The number of hydrogen-bond donors (Lipinski definition) is 0.